The molecular formula is C14H22BrNO3S. The zero-order valence-corrected chi connectivity index (χ0v) is 13.8. The summed E-state index contributed by atoms with van der Waals surface area (Å²) >= 11 is 5.16. The van der Waals surface area contributed by atoms with E-state index in [1.165, 1.54) is 0 Å². The third-order valence-corrected chi connectivity index (χ3v) is 4.10. The minimum Gasteiger partial charge on any atom is -0.491 e. The van der Waals surface area contributed by atoms with Crippen molar-refractivity contribution < 1.29 is 14.9 Å². The fraction of sp³-hybridized carbons (Fsp3) is 0.571. The quantitative estimate of drug-likeness (QED) is 0.524. The van der Waals surface area contributed by atoms with Crippen LogP contribution in [-0.2, 0) is 0 Å². The topological polar surface area (TPSA) is 61.7 Å². The molecule has 20 heavy (non-hydrogen) atoms. The van der Waals surface area contributed by atoms with Crippen LogP contribution in [0.3, 0.4) is 0 Å². The lowest BCUT2D eigenvalue weighted by Crippen LogP contribution is -2.32. The van der Waals surface area contributed by atoms with Gasteiger partial charge in [-0.25, -0.2) is 0 Å². The van der Waals surface area contributed by atoms with Crippen molar-refractivity contribution in [2.75, 3.05) is 37.8 Å². The van der Waals surface area contributed by atoms with E-state index in [9.17, 15) is 5.11 Å². The molecule has 3 N–H and O–H groups in total. The van der Waals surface area contributed by atoms with Gasteiger partial charge in [-0.2, -0.15) is 11.8 Å². The number of benzene rings is 1. The lowest BCUT2D eigenvalue weighted by Gasteiger charge is -2.13. The minimum absolute atomic E-state index is 0.256. The van der Waals surface area contributed by atoms with E-state index in [1.807, 2.05) is 24.3 Å². The molecule has 4 nitrogen and oxygen atoms in total. The van der Waals surface area contributed by atoms with Crippen LogP contribution in [0.15, 0.2) is 28.7 Å². The third-order valence-electron chi connectivity index (χ3n) is 2.51. The standard InChI is InChI=1S/C14H22BrNO3S/c15-12-2-4-14(5-3-12)19-11-13(18)10-16-6-9-20-8-1-7-17/h2-5,13,16-18H,1,6-11H2. The van der Waals surface area contributed by atoms with Gasteiger partial charge in [0.05, 0.1) is 0 Å². The molecule has 0 amide bonds. The van der Waals surface area contributed by atoms with Crippen molar-refractivity contribution in [2.45, 2.75) is 12.5 Å². The molecule has 114 valence electrons. The number of aliphatic hydroxyl groups excluding tert-OH is 2. The van der Waals surface area contributed by atoms with E-state index in [2.05, 4.69) is 21.2 Å². The first-order valence-corrected chi connectivity index (χ1v) is 8.63. The van der Waals surface area contributed by atoms with Gasteiger partial charge in [-0.05, 0) is 36.4 Å². The summed E-state index contributed by atoms with van der Waals surface area (Å²) in [5.74, 6) is 2.72. The highest BCUT2D eigenvalue weighted by Crippen LogP contribution is 2.16. The van der Waals surface area contributed by atoms with Crippen molar-refractivity contribution in [1.82, 2.24) is 5.32 Å². The van der Waals surface area contributed by atoms with Crippen LogP contribution in [0.2, 0.25) is 0 Å². The van der Waals surface area contributed by atoms with E-state index in [0.717, 1.165) is 34.7 Å². The summed E-state index contributed by atoms with van der Waals surface area (Å²) < 4.78 is 6.49. The van der Waals surface area contributed by atoms with Gasteiger partial charge < -0.3 is 20.3 Å². The van der Waals surface area contributed by atoms with E-state index in [0.29, 0.717) is 6.54 Å². The second-order valence-electron chi connectivity index (χ2n) is 4.31. The van der Waals surface area contributed by atoms with Crippen LogP contribution in [0.1, 0.15) is 6.42 Å². The highest BCUT2D eigenvalue weighted by molar-refractivity contribution is 9.10. The van der Waals surface area contributed by atoms with Gasteiger partial charge in [0.15, 0.2) is 0 Å². The molecule has 0 bridgehead atoms. The van der Waals surface area contributed by atoms with Gasteiger partial charge in [0.1, 0.15) is 18.5 Å². The van der Waals surface area contributed by atoms with Crippen LogP contribution in [-0.4, -0.2) is 54.1 Å². The summed E-state index contributed by atoms with van der Waals surface area (Å²) in [4.78, 5) is 0. The summed E-state index contributed by atoms with van der Waals surface area (Å²) in [6.07, 6.45) is 0.329. The Hall–Kier alpha value is -0.270. The molecule has 0 aromatic heterocycles. The van der Waals surface area contributed by atoms with Gasteiger partial charge in [0, 0.05) is 29.9 Å². The molecule has 0 saturated carbocycles. The summed E-state index contributed by atoms with van der Waals surface area (Å²) in [7, 11) is 0. The predicted octanol–water partition coefficient (Wildman–Crippen LogP) is 1.89. The smallest absolute Gasteiger partial charge is 0.119 e. The van der Waals surface area contributed by atoms with E-state index < -0.39 is 6.10 Å². The molecule has 0 spiro atoms. The first kappa shape index (κ1) is 17.8. The molecular weight excluding hydrogens is 342 g/mol. The number of aliphatic hydroxyl groups is 2. The van der Waals surface area contributed by atoms with Gasteiger partial charge in [0.2, 0.25) is 0 Å². The van der Waals surface area contributed by atoms with E-state index >= 15 is 0 Å². The first-order valence-electron chi connectivity index (χ1n) is 6.68. The van der Waals surface area contributed by atoms with Gasteiger partial charge in [-0.1, -0.05) is 15.9 Å². The number of nitrogens with one attached hydrogen (secondary N) is 1. The average molecular weight is 364 g/mol. The van der Waals surface area contributed by atoms with E-state index in [1.54, 1.807) is 11.8 Å². The Morgan fingerprint density at radius 2 is 2.00 bits per heavy atom. The fourth-order valence-electron chi connectivity index (χ4n) is 1.46. The molecule has 0 saturated heterocycles. The molecule has 1 aromatic carbocycles. The zero-order chi connectivity index (χ0) is 14.6. The number of hydrogen-bond acceptors (Lipinski definition) is 5. The van der Waals surface area contributed by atoms with Crippen LogP contribution in [0.4, 0.5) is 0 Å². The first-order chi connectivity index (χ1) is 9.72. The van der Waals surface area contributed by atoms with Gasteiger partial charge in [-0.3, -0.25) is 0 Å². The predicted molar refractivity (Wildman–Crippen MR) is 87.5 cm³/mol. The summed E-state index contributed by atoms with van der Waals surface area (Å²) in [6, 6.07) is 7.54. The Labute approximate surface area is 133 Å². The minimum atomic E-state index is -0.513. The van der Waals surface area contributed by atoms with Crippen LogP contribution in [0.25, 0.3) is 0 Å². The maximum atomic E-state index is 9.77. The number of ether oxygens (including phenoxy) is 1. The molecule has 0 aliphatic carbocycles. The number of rotatable bonds is 11. The zero-order valence-electron chi connectivity index (χ0n) is 11.4. The molecule has 1 rings (SSSR count). The Bertz CT molecular complexity index is 351. The van der Waals surface area contributed by atoms with Crippen LogP contribution in [0.5, 0.6) is 5.75 Å². The maximum absolute atomic E-state index is 9.77. The number of halogens is 1. The maximum Gasteiger partial charge on any atom is 0.119 e. The molecule has 6 heteroatoms. The molecule has 0 aliphatic rings. The molecule has 1 unspecified atom stereocenters. The van der Waals surface area contributed by atoms with Crippen LogP contribution in [0, 0.1) is 0 Å². The molecule has 0 aliphatic heterocycles. The van der Waals surface area contributed by atoms with Crippen molar-refractivity contribution >= 4 is 27.7 Å². The fourth-order valence-corrected chi connectivity index (χ4v) is 2.55. The lowest BCUT2D eigenvalue weighted by atomic mass is 10.3. The Balaban J connectivity index is 2.00. The Morgan fingerprint density at radius 3 is 2.70 bits per heavy atom. The summed E-state index contributed by atoms with van der Waals surface area (Å²) in [5.41, 5.74) is 0. The summed E-state index contributed by atoms with van der Waals surface area (Å²) in [6.45, 7) is 1.92. The second-order valence-corrected chi connectivity index (χ2v) is 6.45. The van der Waals surface area contributed by atoms with Crippen LogP contribution >= 0.6 is 27.7 Å². The Morgan fingerprint density at radius 1 is 1.25 bits per heavy atom. The third kappa shape index (κ3) is 8.81. The highest BCUT2D eigenvalue weighted by Gasteiger charge is 2.04. The molecule has 0 heterocycles. The van der Waals surface area contributed by atoms with E-state index in [-0.39, 0.29) is 13.2 Å². The van der Waals surface area contributed by atoms with Crippen molar-refractivity contribution in [3.8, 4) is 5.75 Å². The normalized spacial score (nSPS) is 12.3. The van der Waals surface area contributed by atoms with Crippen molar-refractivity contribution in [2.24, 2.45) is 0 Å². The Kier molecular flexibility index (Phi) is 10.1. The van der Waals surface area contributed by atoms with Crippen molar-refractivity contribution in [3.05, 3.63) is 28.7 Å². The molecule has 1 atom stereocenters. The number of hydrogen-bond donors (Lipinski definition) is 3. The second kappa shape index (κ2) is 11.4. The average Bonchev–Trinajstić information content (AvgIpc) is 2.46. The van der Waals surface area contributed by atoms with Crippen LogP contribution < -0.4 is 10.1 Å². The molecule has 0 fully saturated rings. The summed E-state index contributed by atoms with van der Waals surface area (Å²) in [5, 5.41) is 21.6. The highest BCUT2D eigenvalue weighted by atomic mass is 79.9. The monoisotopic (exact) mass is 363 g/mol. The van der Waals surface area contributed by atoms with Gasteiger partial charge >= 0.3 is 0 Å². The van der Waals surface area contributed by atoms with Gasteiger partial charge in [-0.15, -0.1) is 0 Å². The SMILES string of the molecule is OCCCSCCNCC(O)COc1ccc(Br)cc1. The van der Waals surface area contributed by atoms with E-state index in [4.69, 9.17) is 9.84 Å². The van der Waals surface area contributed by atoms with Gasteiger partial charge in [0.25, 0.3) is 0 Å². The molecule has 0 radical (unpaired) electrons. The lowest BCUT2D eigenvalue weighted by molar-refractivity contribution is 0.107. The number of thioether (sulfide) groups is 1. The van der Waals surface area contributed by atoms with Crippen molar-refractivity contribution in [3.63, 3.8) is 0 Å². The largest absolute Gasteiger partial charge is 0.491 e. The molecule has 1 aromatic rings. The van der Waals surface area contributed by atoms with Crippen molar-refractivity contribution in [1.29, 1.82) is 0 Å².